The normalized spacial score (nSPS) is 22.9. The number of hydrogen-bond acceptors (Lipinski definition) is 5. The van der Waals surface area contributed by atoms with E-state index in [9.17, 15) is 14.7 Å². The first kappa shape index (κ1) is 24.7. The van der Waals surface area contributed by atoms with Crippen molar-refractivity contribution < 1.29 is 5.11 Å². The summed E-state index contributed by atoms with van der Waals surface area (Å²) in [5.74, 6) is 0. The minimum atomic E-state index is -0.670. The Bertz CT molecular complexity index is 1090. The molecule has 0 amide bonds. The van der Waals surface area contributed by atoms with Gasteiger partial charge in [0.2, 0.25) is 0 Å². The van der Waals surface area contributed by atoms with E-state index in [0.29, 0.717) is 12.6 Å². The van der Waals surface area contributed by atoms with Crippen molar-refractivity contribution in [1.29, 1.82) is 0 Å². The van der Waals surface area contributed by atoms with Crippen molar-refractivity contribution in [3.8, 4) is 0 Å². The van der Waals surface area contributed by atoms with Crippen molar-refractivity contribution in [3.63, 3.8) is 0 Å². The number of likely N-dealkylation sites (tertiary alicyclic amines) is 2. The van der Waals surface area contributed by atoms with Gasteiger partial charge in [-0.2, -0.15) is 0 Å². The minimum absolute atomic E-state index is 0.0501. The highest BCUT2D eigenvalue weighted by Gasteiger charge is 2.28. The van der Waals surface area contributed by atoms with E-state index in [2.05, 4.69) is 9.80 Å². The van der Waals surface area contributed by atoms with Crippen LogP contribution < -0.4 is 11.1 Å². The van der Waals surface area contributed by atoms with Crippen molar-refractivity contribution in [2.24, 2.45) is 0 Å². The smallest absolute Gasteiger partial charge is 0.317 e. The summed E-state index contributed by atoms with van der Waals surface area (Å²) in [7, 11) is 0. The molecule has 7 heteroatoms. The van der Waals surface area contributed by atoms with Crippen LogP contribution in [0.5, 0.6) is 0 Å². The molecule has 0 radical (unpaired) electrons. The highest BCUT2D eigenvalue weighted by Crippen LogP contribution is 2.29. The van der Waals surface area contributed by atoms with E-state index < -0.39 is 17.2 Å². The minimum Gasteiger partial charge on any atom is -0.390 e. The van der Waals surface area contributed by atoms with Crippen molar-refractivity contribution in [3.05, 3.63) is 45.0 Å². The quantitative estimate of drug-likeness (QED) is 0.640. The van der Waals surface area contributed by atoms with Crippen LogP contribution in [0.3, 0.4) is 0 Å². The SMILES string of the molecule is O=c1c(=O)n(C2CCN(C3CCCCCCC3)CC2)c2ccccc2n1CC(O)CN1CCCC1. The highest BCUT2D eigenvalue weighted by molar-refractivity contribution is 5.75. The third-order valence-electron chi connectivity index (χ3n) is 8.60. The fraction of sp³-hybridized carbons (Fsp3) is 0.714. The Hall–Kier alpha value is -1.96. The first-order valence-corrected chi connectivity index (χ1v) is 14.0. The third-order valence-corrected chi connectivity index (χ3v) is 8.60. The molecular weight excluding hydrogens is 440 g/mol. The molecule has 1 aromatic carbocycles. The number of β-amino-alcohol motifs (C(OH)–C–C–N with tert-alkyl or cyclic N) is 1. The molecule has 2 aromatic rings. The van der Waals surface area contributed by atoms with Gasteiger partial charge in [0.15, 0.2) is 0 Å². The summed E-state index contributed by atoms with van der Waals surface area (Å²) in [5, 5.41) is 10.7. The second-order valence-electron chi connectivity index (χ2n) is 11.0. The summed E-state index contributed by atoms with van der Waals surface area (Å²) >= 11 is 0. The topological polar surface area (TPSA) is 70.7 Å². The molecule has 5 rings (SSSR count). The lowest BCUT2D eigenvalue weighted by molar-refractivity contribution is 0.108. The van der Waals surface area contributed by atoms with Gasteiger partial charge in [-0.25, -0.2) is 0 Å². The monoisotopic (exact) mass is 482 g/mol. The molecule has 1 atom stereocenters. The van der Waals surface area contributed by atoms with E-state index in [1.54, 1.807) is 4.57 Å². The fourth-order valence-corrected chi connectivity index (χ4v) is 6.72. The lowest BCUT2D eigenvalue weighted by Crippen LogP contribution is -2.48. The molecule has 1 unspecified atom stereocenters. The number of aromatic nitrogens is 2. The first-order chi connectivity index (χ1) is 17.1. The van der Waals surface area contributed by atoms with Crippen LogP contribution in [0.25, 0.3) is 11.0 Å². The number of aliphatic hydroxyl groups excluding tert-OH is 1. The van der Waals surface area contributed by atoms with E-state index in [4.69, 9.17) is 0 Å². The maximum atomic E-state index is 13.4. The maximum absolute atomic E-state index is 13.4. The molecule has 0 spiro atoms. The van der Waals surface area contributed by atoms with E-state index in [1.807, 2.05) is 24.3 Å². The lowest BCUT2D eigenvalue weighted by Gasteiger charge is -2.39. The molecule has 35 heavy (non-hydrogen) atoms. The second-order valence-corrected chi connectivity index (χ2v) is 11.0. The average molecular weight is 483 g/mol. The highest BCUT2D eigenvalue weighted by atomic mass is 16.3. The molecule has 1 aliphatic carbocycles. The second kappa shape index (κ2) is 11.4. The van der Waals surface area contributed by atoms with Gasteiger partial charge in [-0.15, -0.1) is 0 Å². The van der Waals surface area contributed by atoms with Crippen molar-refractivity contribution in [1.82, 2.24) is 18.9 Å². The molecule has 1 aromatic heterocycles. The fourth-order valence-electron chi connectivity index (χ4n) is 6.72. The Morgan fingerprint density at radius 2 is 1.34 bits per heavy atom. The molecule has 7 nitrogen and oxygen atoms in total. The molecule has 2 aliphatic heterocycles. The van der Waals surface area contributed by atoms with E-state index in [1.165, 1.54) is 49.5 Å². The molecule has 3 heterocycles. The summed E-state index contributed by atoms with van der Waals surface area (Å²) in [6, 6.07) is 8.46. The Kier molecular flexibility index (Phi) is 8.05. The molecule has 2 saturated heterocycles. The number of nitrogens with zero attached hydrogens (tertiary/aromatic N) is 4. The number of aliphatic hydroxyl groups is 1. The number of hydrogen-bond donors (Lipinski definition) is 1. The Labute approximate surface area is 208 Å². The number of para-hydroxylation sites is 2. The predicted octanol–water partition coefficient (Wildman–Crippen LogP) is 3.37. The van der Waals surface area contributed by atoms with Gasteiger partial charge in [0.1, 0.15) is 0 Å². The van der Waals surface area contributed by atoms with Gasteiger partial charge in [-0.3, -0.25) is 18.7 Å². The van der Waals surface area contributed by atoms with Gasteiger partial charge in [0.25, 0.3) is 0 Å². The zero-order valence-corrected chi connectivity index (χ0v) is 21.1. The van der Waals surface area contributed by atoms with Crippen LogP contribution in [0.2, 0.25) is 0 Å². The van der Waals surface area contributed by atoms with Gasteiger partial charge in [0, 0.05) is 31.7 Å². The van der Waals surface area contributed by atoms with Crippen molar-refractivity contribution >= 4 is 11.0 Å². The molecular formula is C28H42N4O3. The zero-order chi connectivity index (χ0) is 24.2. The molecule has 0 bridgehead atoms. The van der Waals surface area contributed by atoms with Crippen LogP contribution in [-0.4, -0.2) is 68.9 Å². The van der Waals surface area contributed by atoms with Crippen LogP contribution in [0.15, 0.2) is 33.9 Å². The number of rotatable bonds is 6. The van der Waals surface area contributed by atoms with Gasteiger partial charge in [0.05, 0.1) is 23.7 Å². The molecule has 3 fully saturated rings. The molecule has 3 aliphatic rings. The number of fused-ring (bicyclic) bond motifs is 1. The number of benzene rings is 1. The average Bonchev–Trinajstić information content (AvgIpc) is 3.35. The largest absolute Gasteiger partial charge is 0.390 e. The van der Waals surface area contributed by atoms with Crippen molar-refractivity contribution in [2.75, 3.05) is 32.7 Å². The standard InChI is InChI=1S/C28H42N4O3/c33-24(20-29-16-8-9-17-29)21-31-25-12-6-7-13-26(25)32(28(35)27(31)34)23-14-18-30(19-15-23)22-10-4-2-1-3-5-11-22/h6-7,12-13,22-24,33H,1-5,8-11,14-21H2. The molecule has 1 N–H and O–H groups in total. The van der Waals surface area contributed by atoms with Crippen LogP contribution >= 0.6 is 0 Å². The maximum Gasteiger partial charge on any atom is 0.317 e. The third kappa shape index (κ3) is 5.57. The van der Waals surface area contributed by atoms with Crippen molar-refractivity contribution in [2.45, 2.75) is 95.4 Å². The van der Waals surface area contributed by atoms with E-state index >= 15 is 0 Å². The summed E-state index contributed by atoms with van der Waals surface area (Å²) in [6.45, 7) is 4.68. The van der Waals surface area contributed by atoms with E-state index in [0.717, 1.165) is 62.9 Å². The zero-order valence-electron chi connectivity index (χ0n) is 21.1. The van der Waals surface area contributed by atoms with Gasteiger partial charge in [-0.1, -0.05) is 44.2 Å². The Morgan fingerprint density at radius 3 is 2.03 bits per heavy atom. The van der Waals surface area contributed by atoms with Gasteiger partial charge < -0.3 is 14.9 Å². The van der Waals surface area contributed by atoms with Crippen LogP contribution in [0, 0.1) is 0 Å². The summed E-state index contributed by atoms with van der Waals surface area (Å²) in [6.07, 6.45) is 12.8. The predicted molar refractivity (Wildman–Crippen MR) is 140 cm³/mol. The van der Waals surface area contributed by atoms with E-state index in [-0.39, 0.29) is 12.6 Å². The first-order valence-electron chi connectivity index (χ1n) is 14.0. The van der Waals surface area contributed by atoms with Crippen LogP contribution in [0.1, 0.15) is 76.7 Å². The summed E-state index contributed by atoms with van der Waals surface area (Å²) in [4.78, 5) is 31.6. The summed E-state index contributed by atoms with van der Waals surface area (Å²) in [5.41, 5.74) is 0.614. The van der Waals surface area contributed by atoms with Gasteiger partial charge in [-0.05, 0) is 63.7 Å². The lowest BCUT2D eigenvalue weighted by atomic mass is 9.93. The summed E-state index contributed by atoms with van der Waals surface area (Å²) < 4.78 is 3.29. The molecule has 192 valence electrons. The van der Waals surface area contributed by atoms with Gasteiger partial charge >= 0.3 is 11.1 Å². The van der Waals surface area contributed by atoms with Crippen LogP contribution in [-0.2, 0) is 6.54 Å². The number of piperidine rings is 1. The Morgan fingerprint density at radius 1 is 0.714 bits per heavy atom. The Balaban J connectivity index is 1.35. The molecule has 1 saturated carbocycles. The van der Waals surface area contributed by atoms with Crippen LogP contribution in [0.4, 0.5) is 0 Å².